The lowest BCUT2D eigenvalue weighted by Gasteiger charge is -2.13. The number of hydrogen-bond acceptors (Lipinski definition) is 2. The molecule has 1 rings (SSSR count). The number of nitrogens with zero attached hydrogens (tertiary/aromatic N) is 1. The van der Waals surface area contributed by atoms with Gasteiger partial charge in [0.1, 0.15) is 5.75 Å². The molecule has 2 nitrogen and oxygen atoms in total. The third-order valence-electron chi connectivity index (χ3n) is 2.62. The largest absolute Gasteiger partial charge is 0.493 e. The second kappa shape index (κ2) is 4.84. The van der Waals surface area contributed by atoms with Gasteiger partial charge in [-0.05, 0) is 49.9 Å². The summed E-state index contributed by atoms with van der Waals surface area (Å²) in [4.78, 5) is 0. The van der Waals surface area contributed by atoms with E-state index in [0.29, 0.717) is 0 Å². The molecule has 80 valence electrons. The Bertz CT molecular complexity index is 402. The van der Waals surface area contributed by atoms with Gasteiger partial charge in [-0.15, -0.1) is 0 Å². The van der Waals surface area contributed by atoms with E-state index in [0.717, 1.165) is 41.0 Å². The highest BCUT2D eigenvalue weighted by Gasteiger charge is 2.10. The van der Waals surface area contributed by atoms with Crippen LogP contribution in [0.3, 0.4) is 0 Å². The van der Waals surface area contributed by atoms with E-state index in [-0.39, 0.29) is 0 Å². The maximum atomic E-state index is 9.00. The standard InChI is InChI=1S/C13H17NO/c1-5-6-15-13-7-9(2)12(8-14)10(3)11(13)4/h7H,5-6H2,1-4H3. The predicted molar refractivity (Wildman–Crippen MR) is 61.2 cm³/mol. The highest BCUT2D eigenvalue weighted by atomic mass is 16.5. The van der Waals surface area contributed by atoms with Gasteiger partial charge in [-0.25, -0.2) is 0 Å². The molecule has 0 atom stereocenters. The van der Waals surface area contributed by atoms with Crippen molar-refractivity contribution in [1.29, 1.82) is 5.26 Å². The lowest BCUT2D eigenvalue weighted by Crippen LogP contribution is -2.01. The minimum Gasteiger partial charge on any atom is -0.493 e. The average molecular weight is 203 g/mol. The normalized spacial score (nSPS) is 9.80. The van der Waals surface area contributed by atoms with E-state index in [2.05, 4.69) is 13.0 Å². The monoisotopic (exact) mass is 203 g/mol. The molecule has 1 aromatic rings. The molecule has 0 saturated heterocycles. The molecule has 0 aromatic heterocycles. The Kier molecular flexibility index (Phi) is 3.74. The Hall–Kier alpha value is -1.49. The van der Waals surface area contributed by atoms with Crippen molar-refractivity contribution in [3.8, 4) is 11.8 Å². The van der Waals surface area contributed by atoms with Crippen LogP contribution in [0.15, 0.2) is 6.07 Å². The van der Waals surface area contributed by atoms with Crippen molar-refractivity contribution in [2.45, 2.75) is 34.1 Å². The van der Waals surface area contributed by atoms with Gasteiger partial charge in [0.2, 0.25) is 0 Å². The van der Waals surface area contributed by atoms with Crippen molar-refractivity contribution in [2.24, 2.45) is 0 Å². The van der Waals surface area contributed by atoms with Gasteiger partial charge >= 0.3 is 0 Å². The maximum absolute atomic E-state index is 9.00. The molecule has 0 spiro atoms. The molecule has 2 heteroatoms. The van der Waals surface area contributed by atoms with E-state index in [1.165, 1.54) is 0 Å². The summed E-state index contributed by atoms with van der Waals surface area (Å²) in [5, 5.41) is 9.00. The minimum atomic E-state index is 0.728. The van der Waals surface area contributed by atoms with Crippen molar-refractivity contribution in [3.63, 3.8) is 0 Å². The Morgan fingerprint density at radius 1 is 1.27 bits per heavy atom. The number of hydrogen-bond donors (Lipinski definition) is 0. The Morgan fingerprint density at radius 3 is 2.47 bits per heavy atom. The fourth-order valence-electron chi connectivity index (χ4n) is 1.58. The number of aryl methyl sites for hydroxylation is 1. The summed E-state index contributed by atoms with van der Waals surface area (Å²) >= 11 is 0. The van der Waals surface area contributed by atoms with Crippen LogP contribution in [0.4, 0.5) is 0 Å². The SMILES string of the molecule is CCCOc1cc(C)c(C#N)c(C)c1C. The molecule has 0 aliphatic carbocycles. The summed E-state index contributed by atoms with van der Waals surface area (Å²) in [6, 6.07) is 4.19. The molecule has 0 aliphatic heterocycles. The van der Waals surface area contributed by atoms with Crippen molar-refractivity contribution >= 4 is 0 Å². The van der Waals surface area contributed by atoms with Crippen LogP contribution < -0.4 is 4.74 Å². The van der Waals surface area contributed by atoms with Crippen LogP contribution in [0.25, 0.3) is 0 Å². The first-order valence-corrected chi connectivity index (χ1v) is 5.25. The van der Waals surface area contributed by atoms with Gasteiger partial charge in [0.15, 0.2) is 0 Å². The van der Waals surface area contributed by atoms with Crippen molar-refractivity contribution < 1.29 is 4.74 Å². The van der Waals surface area contributed by atoms with Gasteiger partial charge in [-0.1, -0.05) is 6.92 Å². The summed E-state index contributed by atoms with van der Waals surface area (Å²) in [6.45, 7) is 8.73. The van der Waals surface area contributed by atoms with Crippen LogP contribution in [0.1, 0.15) is 35.6 Å². The van der Waals surface area contributed by atoms with Crippen LogP contribution in [0.5, 0.6) is 5.75 Å². The molecule has 0 heterocycles. The second-order valence-corrected chi connectivity index (χ2v) is 3.78. The van der Waals surface area contributed by atoms with Crippen LogP contribution in [0, 0.1) is 32.1 Å². The zero-order valence-electron chi connectivity index (χ0n) is 9.85. The highest BCUT2D eigenvalue weighted by Crippen LogP contribution is 2.27. The maximum Gasteiger partial charge on any atom is 0.122 e. The zero-order valence-corrected chi connectivity index (χ0v) is 9.85. The van der Waals surface area contributed by atoms with Gasteiger partial charge in [-0.2, -0.15) is 5.26 Å². The van der Waals surface area contributed by atoms with E-state index in [1.54, 1.807) is 0 Å². The fraction of sp³-hybridized carbons (Fsp3) is 0.462. The topological polar surface area (TPSA) is 33.0 Å². The Morgan fingerprint density at radius 2 is 1.93 bits per heavy atom. The van der Waals surface area contributed by atoms with Gasteiger partial charge in [0.05, 0.1) is 18.2 Å². The Labute approximate surface area is 91.5 Å². The molecule has 0 aliphatic rings. The average Bonchev–Trinajstić information content (AvgIpc) is 2.22. The van der Waals surface area contributed by atoms with Crippen molar-refractivity contribution in [2.75, 3.05) is 6.61 Å². The molecule has 0 N–H and O–H groups in total. The van der Waals surface area contributed by atoms with Gasteiger partial charge in [0, 0.05) is 0 Å². The fourth-order valence-corrected chi connectivity index (χ4v) is 1.58. The van der Waals surface area contributed by atoms with E-state index < -0.39 is 0 Å². The van der Waals surface area contributed by atoms with Gasteiger partial charge in [-0.3, -0.25) is 0 Å². The molecule has 0 amide bonds. The number of rotatable bonds is 3. The lowest BCUT2D eigenvalue weighted by molar-refractivity contribution is 0.315. The summed E-state index contributed by atoms with van der Waals surface area (Å²) in [5.74, 6) is 0.908. The first-order chi connectivity index (χ1) is 7.11. The first kappa shape index (κ1) is 11.6. The van der Waals surface area contributed by atoms with E-state index in [4.69, 9.17) is 10.00 Å². The highest BCUT2D eigenvalue weighted by molar-refractivity contribution is 5.53. The lowest BCUT2D eigenvalue weighted by atomic mass is 9.98. The molecule has 0 unspecified atom stereocenters. The van der Waals surface area contributed by atoms with Crippen molar-refractivity contribution in [3.05, 3.63) is 28.3 Å². The third-order valence-corrected chi connectivity index (χ3v) is 2.62. The van der Waals surface area contributed by atoms with E-state index in [1.807, 2.05) is 26.8 Å². The molecule has 0 radical (unpaired) electrons. The van der Waals surface area contributed by atoms with Crippen LogP contribution >= 0.6 is 0 Å². The second-order valence-electron chi connectivity index (χ2n) is 3.78. The molecule has 15 heavy (non-hydrogen) atoms. The number of benzene rings is 1. The molecular formula is C13H17NO. The molecule has 0 fully saturated rings. The predicted octanol–water partition coefficient (Wildman–Crippen LogP) is 3.27. The quantitative estimate of drug-likeness (QED) is 0.755. The summed E-state index contributed by atoms with van der Waals surface area (Å²) in [7, 11) is 0. The number of nitriles is 1. The summed E-state index contributed by atoms with van der Waals surface area (Å²) in [5.41, 5.74) is 3.87. The zero-order chi connectivity index (χ0) is 11.4. The summed E-state index contributed by atoms with van der Waals surface area (Å²) in [6.07, 6.45) is 0.998. The van der Waals surface area contributed by atoms with E-state index >= 15 is 0 Å². The smallest absolute Gasteiger partial charge is 0.122 e. The van der Waals surface area contributed by atoms with Crippen molar-refractivity contribution in [1.82, 2.24) is 0 Å². The first-order valence-electron chi connectivity index (χ1n) is 5.25. The molecule has 0 saturated carbocycles. The number of ether oxygens (including phenoxy) is 1. The van der Waals surface area contributed by atoms with Crippen LogP contribution in [-0.4, -0.2) is 6.61 Å². The third kappa shape index (κ3) is 2.30. The molecule has 1 aromatic carbocycles. The summed E-state index contributed by atoms with van der Waals surface area (Å²) < 4.78 is 5.64. The van der Waals surface area contributed by atoms with Gasteiger partial charge in [0.25, 0.3) is 0 Å². The van der Waals surface area contributed by atoms with Crippen LogP contribution in [-0.2, 0) is 0 Å². The molecular weight excluding hydrogens is 186 g/mol. The van der Waals surface area contributed by atoms with Crippen LogP contribution in [0.2, 0.25) is 0 Å². The molecule has 0 bridgehead atoms. The van der Waals surface area contributed by atoms with Gasteiger partial charge < -0.3 is 4.74 Å². The van der Waals surface area contributed by atoms with E-state index in [9.17, 15) is 0 Å². The minimum absolute atomic E-state index is 0.728. The Balaban J connectivity index is 3.17.